The third-order valence-corrected chi connectivity index (χ3v) is 3.22. The molecule has 3 rings (SSSR count). The first-order valence-corrected chi connectivity index (χ1v) is 6.43. The van der Waals surface area contributed by atoms with Gasteiger partial charge in [-0.3, -0.25) is 0 Å². The van der Waals surface area contributed by atoms with Gasteiger partial charge in [-0.15, -0.1) is 0 Å². The molecule has 0 aromatic heterocycles. The van der Waals surface area contributed by atoms with Crippen LogP contribution < -0.4 is 15.2 Å². The average Bonchev–Trinajstić information content (AvgIpc) is 2.38. The Hall–Kier alpha value is -2.07. The van der Waals surface area contributed by atoms with Crippen molar-refractivity contribution in [1.29, 1.82) is 0 Å². The summed E-state index contributed by atoms with van der Waals surface area (Å²) in [5.41, 5.74) is 7.88. The Kier molecular flexibility index (Phi) is 3.09. The summed E-state index contributed by atoms with van der Waals surface area (Å²) in [5, 5.41) is 0. The van der Waals surface area contributed by atoms with Crippen LogP contribution in [0, 0.1) is 0 Å². The van der Waals surface area contributed by atoms with Gasteiger partial charge in [0.2, 0.25) is 0 Å². The highest BCUT2D eigenvalue weighted by atomic mass is 32.1. The second-order valence-electron chi connectivity index (χ2n) is 4.36. The van der Waals surface area contributed by atoms with Crippen LogP contribution in [0.15, 0.2) is 48.5 Å². The standard InChI is InChI=1S/C15H13NO2S/c16-14(19)15-17-12-7-3-1-5-10(12)9-11-6-2-4-8-13(11)18-15/h1-8,15H,9H2,(H2,16,19). The summed E-state index contributed by atoms with van der Waals surface area (Å²) in [6.45, 7) is 0. The molecule has 2 aromatic rings. The van der Waals surface area contributed by atoms with Gasteiger partial charge in [0.05, 0.1) is 0 Å². The Balaban J connectivity index is 2.10. The van der Waals surface area contributed by atoms with Gasteiger partial charge in [-0.1, -0.05) is 48.6 Å². The van der Waals surface area contributed by atoms with E-state index in [9.17, 15) is 0 Å². The van der Waals surface area contributed by atoms with E-state index in [1.54, 1.807) is 0 Å². The molecule has 0 spiro atoms. The van der Waals surface area contributed by atoms with Crippen molar-refractivity contribution in [2.75, 3.05) is 0 Å². The van der Waals surface area contributed by atoms with E-state index in [1.165, 1.54) is 0 Å². The largest absolute Gasteiger partial charge is 0.448 e. The van der Waals surface area contributed by atoms with Crippen LogP contribution in [-0.4, -0.2) is 11.3 Å². The fourth-order valence-corrected chi connectivity index (χ4v) is 2.20. The molecule has 1 heterocycles. The van der Waals surface area contributed by atoms with Crippen LogP contribution in [0.1, 0.15) is 11.1 Å². The lowest BCUT2D eigenvalue weighted by Gasteiger charge is -2.25. The molecule has 0 atom stereocenters. The fraction of sp³-hybridized carbons (Fsp3) is 0.133. The molecule has 19 heavy (non-hydrogen) atoms. The molecule has 3 nitrogen and oxygen atoms in total. The van der Waals surface area contributed by atoms with Gasteiger partial charge in [0, 0.05) is 6.42 Å². The highest BCUT2D eigenvalue weighted by Gasteiger charge is 2.22. The zero-order valence-corrected chi connectivity index (χ0v) is 11.0. The highest BCUT2D eigenvalue weighted by Crippen LogP contribution is 2.30. The minimum absolute atomic E-state index is 0.187. The minimum atomic E-state index is -0.738. The molecule has 96 valence electrons. The first kappa shape index (κ1) is 12.0. The topological polar surface area (TPSA) is 44.5 Å². The van der Waals surface area contributed by atoms with Crippen molar-refractivity contribution in [2.24, 2.45) is 5.73 Å². The summed E-state index contributed by atoms with van der Waals surface area (Å²) < 4.78 is 11.5. The Morgan fingerprint density at radius 1 is 0.947 bits per heavy atom. The van der Waals surface area contributed by atoms with Gasteiger partial charge in [0.25, 0.3) is 6.29 Å². The predicted molar refractivity (Wildman–Crippen MR) is 77.5 cm³/mol. The molecule has 2 aromatic carbocycles. The summed E-state index contributed by atoms with van der Waals surface area (Å²) in [7, 11) is 0. The van der Waals surface area contributed by atoms with E-state index in [0.717, 1.165) is 29.0 Å². The van der Waals surface area contributed by atoms with Crippen LogP contribution in [0.2, 0.25) is 0 Å². The normalized spacial score (nSPS) is 14.1. The molecule has 0 radical (unpaired) electrons. The predicted octanol–water partition coefficient (Wildman–Crippen LogP) is 2.66. The number of nitrogens with two attached hydrogens (primary N) is 1. The van der Waals surface area contributed by atoms with Crippen molar-refractivity contribution >= 4 is 17.2 Å². The lowest BCUT2D eigenvalue weighted by Crippen LogP contribution is -2.38. The maximum absolute atomic E-state index is 5.77. The van der Waals surface area contributed by atoms with E-state index in [-0.39, 0.29) is 4.99 Å². The van der Waals surface area contributed by atoms with Crippen molar-refractivity contribution in [1.82, 2.24) is 0 Å². The molecule has 4 heteroatoms. The van der Waals surface area contributed by atoms with Crippen molar-refractivity contribution in [2.45, 2.75) is 12.7 Å². The maximum atomic E-state index is 5.77. The first-order chi connectivity index (χ1) is 9.24. The summed E-state index contributed by atoms with van der Waals surface area (Å²) in [4.78, 5) is 0.187. The van der Waals surface area contributed by atoms with E-state index in [0.29, 0.717) is 0 Å². The van der Waals surface area contributed by atoms with Gasteiger partial charge >= 0.3 is 0 Å². The molecule has 0 saturated heterocycles. The molecule has 0 amide bonds. The molecule has 1 aliphatic rings. The van der Waals surface area contributed by atoms with E-state index in [2.05, 4.69) is 0 Å². The van der Waals surface area contributed by atoms with E-state index >= 15 is 0 Å². The van der Waals surface area contributed by atoms with Crippen molar-refractivity contribution in [3.8, 4) is 11.5 Å². The monoisotopic (exact) mass is 271 g/mol. The Morgan fingerprint density at radius 3 is 1.89 bits per heavy atom. The number of ether oxygens (including phenoxy) is 2. The SMILES string of the molecule is NC(=S)C1Oc2ccccc2Cc2ccccc2O1. The van der Waals surface area contributed by atoms with E-state index in [1.807, 2.05) is 48.5 Å². The summed E-state index contributed by atoms with van der Waals surface area (Å²) in [5.74, 6) is 1.52. The third kappa shape index (κ3) is 2.39. The van der Waals surface area contributed by atoms with Gasteiger partial charge in [-0.05, 0) is 23.3 Å². The molecule has 0 bridgehead atoms. The van der Waals surface area contributed by atoms with Gasteiger partial charge < -0.3 is 15.2 Å². The van der Waals surface area contributed by atoms with Crippen molar-refractivity contribution in [3.63, 3.8) is 0 Å². The number of para-hydroxylation sites is 2. The number of benzene rings is 2. The molecule has 0 aliphatic carbocycles. The van der Waals surface area contributed by atoms with Crippen molar-refractivity contribution < 1.29 is 9.47 Å². The molecule has 0 fully saturated rings. The highest BCUT2D eigenvalue weighted by molar-refractivity contribution is 7.80. The van der Waals surface area contributed by atoms with E-state index in [4.69, 9.17) is 27.4 Å². The van der Waals surface area contributed by atoms with Crippen LogP contribution in [0.4, 0.5) is 0 Å². The molecule has 1 aliphatic heterocycles. The Morgan fingerprint density at radius 2 is 1.42 bits per heavy atom. The number of fused-ring (bicyclic) bond motifs is 2. The van der Waals surface area contributed by atoms with Crippen LogP contribution in [0.3, 0.4) is 0 Å². The van der Waals surface area contributed by atoms with Crippen LogP contribution in [-0.2, 0) is 6.42 Å². The number of hydrogen-bond donors (Lipinski definition) is 1. The second-order valence-corrected chi connectivity index (χ2v) is 4.83. The van der Waals surface area contributed by atoms with Gasteiger partial charge in [-0.2, -0.15) is 0 Å². The number of hydrogen-bond acceptors (Lipinski definition) is 3. The Bertz CT molecular complexity index is 580. The molecular weight excluding hydrogens is 258 g/mol. The second kappa shape index (κ2) is 4.90. The van der Waals surface area contributed by atoms with Crippen molar-refractivity contribution in [3.05, 3.63) is 59.7 Å². The maximum Gasteiger partial charge on any atom is 0.292 e. The fourth-order valence-electron chi connectivity index (χ4n) is 2.11. The summed E-state index contributed by atoms with van der Waals surface area (Å²) in [6, 6.07) is 15.7. The molecule has 0 unspecified atom stereocenters. The van der Waals surface area contributed by atoms with Crippen LogP contribution in [0.5, 0.6) is 11.5 Å². The van der Waals surface area contributed by atoms with Crippen LogP contribution in [0.25, 0.3) is 0 Å². The van der Waals surface area contributed by atoms with Gasteiger partial charge in [-0.25, -0.2) is 0 Å². The Labute approximate surface area is 117 Å². The third-order valence-electron chi connectivity index (χ3n) is 3.03. The number of thiocarbonyl (C=S) groups is 1. The minimum Gasteiger partial charge on any atom is -0.448 e. The lowest BCUT2D eigenvalue weighted by atomic mass is 10.0. The first-order valence-electron chi connectivity index (χ1n) is 6.02. The lowest BCUT2D eigenvalue weighted by molar-refractivity contribution is 0.0615. The summed E-state index contributed by atoms with van der Waals surface area (Å²) in [6.07, 6.45) is 0.0220. The molecule has 0 saturated carbocycles. The number of rotatable bonds is 1. The summed E-state index contributed by atoms with van der Waals surface area (Å²) >= 11 is 5.01. The zero-order chi connectivity index (χ0) is 13.2. The quantitative estimate of drug-likeness (QED) is 0.810. The smallest absolute Gasteiger partial charge is 0.292 e. The van der Waals surface area contributed by atoms with Crippen LogP contribution >= 0.6 is 12.2 Å². The molecular formula is C15H13NO2S. The van der Waals surface area contributed by atoms with E-state index < -0.39 is 6.29 Å². The van der Waals surface area contributed by atoms with Gasteiger partial charge in [0.1, 0.15) is 11.5 Å². The zero-order valence-electron chi connectivity index (χ0n) is 10.2. The molecule has 2 N–H and O–H groups in total. The van der Waals surface area contributed by atoms with Gasteiger partial charge in [0.15, 0.2) is 4.99 Å². The average molecular weight is 271 g/mol.